The summed E-state index contributed by atoms with van der Waals surface area (Å²) in [7, 11) is 0. The van der Waals surface area contributed by atoms with Gasteiger partial charge in [-0.1, -0.05) is 0 Å². The number of aromatic nitrogens is 2. The maximum absolute atomic E-state index is 15.1. The van der Waals surface area contributed by atoms with Crippen LogP contribution in [-0.4, -0.2) is 71.5 Å². The lowest BCUT2D eigenvalue weighted by molar-refractivity contribution is -0.186. The standard InChI is InChI=1S/C23H25F5N4O4/c1-3-30(22(35)23(26,27)28)8-12-9-31(11-17(12)25)20-16(24)7-14-18(33)15(21(34)36-4-2)10-32(13-5-6-13)19(14)29-20/h7,10,12-13,17H,3-6,8-9,11H2,1-2H3/t12-,17+/m0/s1. The predicted octanol–water partition coefficient (Wildman–Crippen LogP) is 3.23. The minimum Gasteiger partial charge on any atom is -0.462 e. The van der Waals surface area contributed by atoms with Crippen molar-refractivity contribution >= 4 is 28.7 Å². The fourth-order valence-electron chi connectivity index (χ4n) is 4.44. The topological polar surface area (TPSA) is 84.7 Å². The van der Waals surface area contributed by atoms with Gasteiger partial charge in [-0.15, -0.1) is 0 Å². The van der Waals surface area contributed by atoms with Crippen molar-refractivity contribution in [1.29, 1.82) is 0 Å². The minimum absolute atomic E-state index is 0.0514. The van der Waals surface area contributed by atoms with Gasteiger partial charge in [0.05, 0.1) is 18.5 Å². The van der Waals surface area contributed by atoms with Gasteiger partial charge in [0.1, 0.15) is 17.4 Å². The average molecular weight is 516 g/mol. The van der Waals surface area contributed by atoms with Gasteiger partial charge >= 0.3 is 18.1 Å². The summed E-state index contributed by atoms with van der Waals surface area (Å²) in [6.07, 6.45) is -3.86. The number of carbonyl (C=O) groups excluding carboxylic acids is 2. The SMILES string of the molecule is CCOC(=O)c1cn(C2CC2)c2nc(N3C[C@H](CN(CC)C(=O)C(F)(F)F)[C@H](F)C3)c(F)cc2c1=O. The van der Waals surface area contributed by atoms with E-state index in [9.17, 15) is 31.9 Å². The number of esters is 1. The fraction of sp³-hybridized carbons (Fsp3) is 0.565. The lowest BCUT2D eigenvalue weighted by atomic mass is 10.1. The number of pyridine rings is 2. The third-order valence-corrected chi connectivity index (χ3v) is 6.40. The molecule has 0 unspecified atom stereocenters. The first-order valence-electron chi connectivity index (χ1n) is 11.6. The molecule has 1 aliphatic carbocycles. The molecule has 0 N–H and O–H groups in total. The number of nitrogens with zero attached hydrogens (tertiary/aromatic N) is 4. The highest BCUT2D eigenvalue weighted by Crippen LogP contribution is 2.38. The Labute approximate surface area is 202 Å². The summed E-state index contributed by atoms with van der Waals surface area (Å²) >= 11 is 0. The highest BCUT2D eigenvalue weighted by atomic mass is 19.4. The molecule has 2 atom stereocenters. The molecule has 0 spiro atoms. The van der Waals surface area contributed by atoms with Gasteiger partial charge in [0.15, 0.2) is 11.6 Å². The largest absolute Gasteiger partial charge is 0.471 e. The van der Waals surface area contributed by atoms with Gasteiger partial charge in [0.25, 0.3) is 0 Å². The summed E-state index contributed by atoms with van der Waals surface area (Å²) in [6.45, 7) is 1.73. The van der Waals surface area contributed by atoms with E-state index in [1.165, 1.54) is 18.0 Å². The quantitative estimate of drug-likeness (QED) is 0.415. The molecule has 8 nitrogen and oxygen atoms in total. The molecular weight excluding hydrogens is 491 g/mol. The van der Waals surface area contributed by atoms with Crippen molar-refractivity contribution in [2.45, 2.75) is 45.1 Å². The summed E-state index contributed by atoms with van der Waals surface area (Å²) in [5, 5.41) is -0.130. The van der Waals surface area contributed by atoms with Gasteiger partial charge in [-0.05, 0) is 32.8 Å². The van der Waals surface area contributed by atoms with Crippen LogP contribution in [0.25, 0.3) is 11.0 Å². The Morgan fingerprint density at radius 3 is 2.50 bits per heavy atom. The molecule has 4 rings (SSSR count). The van der Waals surface area contributed by atoms with E-state index in [1.54, 1.807) is 11.5 Å². The van der Waals surface area contributed by atoms with Gasteiger partial charge in [-0.2, -0.15) is 13.2 Å². The van der Waals surface area contributed by atoms with Crippen LogP contribution in [0.1, 0.15) is 43.1 Å². The van der Waals surface area contributed by atoms with Crippen LogP contribution in [-0.2, 0) is 9.53 Å². The summed E-state index contributed by atoms with van der Waals surface area (Å²) in [5.41, 5.74) is -0.872. The molecular formula is C23H25F5N4O4. The number of carbonyl (C=O) groups is 2. The summed E-state index contributed by atoms with van der Waals surface area (Å²) in [6, 6.07) is 0.882. The van der Waals surface area contributed by atoms with Crippen LogP contribution < -0.4 is 10.3 Å². The number of amides is 1. The number of hydrogen-bond acceptors (Lipinski definition) is 6. The third kappa shape index (κ3) is 4.87. The smallest absolute Gasteiger partial charge is 0.462 e. The van der Waals surface area contributed by atoms with E-state index in [0.29, 0.717) is 4.90 Å². The maximum Gasteiger partial charge on any atom is 0.471 e. The second kappa shape index (κ2) is 9.66. The highest BCUT2D eigenvalue weighted by molar-refractivity contribution is 5.93. The zero-order valence-corrected chi connectivity index (χ0v) is 19.6. The van der Waals surface area contributed by atoms with Crippen molar-refractivity contribution in [2.75, 3.05) is 37.7 Å². The summed E-state index contributed by atoms with van der Waals surface area (Å²) in [4.78, 5) is 42.9. The number of alkyl halides is 4. The Balaban J connectivity index is 1.67. The normalized spacial score (nSPS) is 20.1. The minimum atomic E-state index is -5.08. The number of fused-ring (bicyclic) bond motifs is 1. The summed E-state index contributed by atoms with van der Waals surface area (Å²) < 4.78 is 75.0. The number of anilines is 1. The first kappa shape index (κ1) is 25.8. The Morgan fingerprint density at radius 1 is 1.22 bits per heavy atom. The molecule has 196 valence electrons. The average Bonchev–Trinajstić information content (AvgIpc) is 3.59. The number of halogens is 5. The molecule has 2 aromatic rings. The van der Waals surface area contributed by atoms with E-state index >= 15 is 4.39 Å². The predicted molar refractivity (Wildman–Crippen MR) is 119 cm³/mol. The van der Waals surface area contributed by atoms with Crippen molar-refractivity contribution < 1.29 is 36.3 Å². The molecule has 2 aromatic heterocycles. The molecule has 13 heteroatoms. The number of ether oxygens (including phenoxy) is 1. The molecule has 1 saturated carbocycles. The first-order chi connectivity index (χ1) is 17.0. The van der Waals surface area contributed by atoms with Crippen LogP contribution in [0.4, 0.5) is 27.8 Å². The second-order valence-corrected chi connectivity index (χ2v) is 8.92. The van der Waals surface area contributed by atoms with Crippen LogP contribution in [0, 0.1) is 11.7 Å². The van der Waals surface area contributed by atoms with E-state index < -0.39 is 47.9 Å². The Morgan fingerprint density at radius 2 is 1.92 bits per heavy atom. The lowest BCUT2D eigenvalue weighted by Gasteiger charge is -2.26. The highest BCUT2D eigenvalue weighted by Gasteiger charge is 2.44. The summed E-state index contributed by atoms with van der Waals surface area (Å²) in [5.74, 6) is -5.08. The second-order valence-electron chi connectivity index (χ2n) is 8.92. The van der Waals surface area contributed by atoms with Crippen LogP contribution in [0.2, 0.25) is 0 Å². The van der Waals surface area contributed by atoms with Gasteiger partial charge in [-0.25, -0.2) is 18.6 Å². The van der Waals surface area contributed by atoms with E-state index in [0.717, 1.165) is 18.9 Å². The maximum atomic E-state index is 15.1. The van der Waals surface area contributed by atoms with E-state index in [-0.39, 0.29) is 54.7 Å². The van der Waals surface area contributed by atoms with Crippen molar-refractivity contribution in [1.82, 2.24) is 14.5 Å². The zero-order chi connectivity index (χ0) is 26.4. The molecule has 1 saturated heterocycles. The van der Waals surface area contributed by atoms with E-state index in [4.69, 9.17) is 4.74 Å². The number of rotatable bonds is 7. The van der Waals surface area contributed by atoms with Crippen LogP contribution in [0.5, 0.6) is 0 Å². The molecule has 1 aliphatic heterocycles. The Bertz CT molecular complexity index is 1240. The van der Waals surface area contributed by atoms with Gasteiger partial charge in [0.2, 0.25) is 5.43 Å². The van der Waals surface area contributed by atoms with Crippen LogP contribution in [0.3, 0.4) is 0 Å². The van der Waals surface area contributed by atoms with E-state index in [1.807, 2.05) is 0 Å². The van der Waals surface area contributed by atoms with Crippen LogP contribution in [0.15, 0.2) is 17.1 Å². The van der Waals surface area contributed by atoms with E-state index in [2.05, 4.69) is 4.98 Å². The van der Waals surface area contributed by atoms with Gasteiger partial charge in [-0.3, -0.25) is 9.59 Å². The molecule has 3 heterocycles. The number of hydrogen-bond donors (Lipinski definition) is 0. The van der Waals surface area contributed by atoms with Gasteiger partial charge < -0.3 is 19.1 Å². The molecule has 1 amide bonds. The zero-order valence-electron chi connectivity index (χ0n) is 19.6. The first-order valence-corrected chi connectivity index (χ1v) is 11.6. The molecule has 0 bridgehead atoms. The van der Waals surface area contributed by atoms with Crippen molar-refractivity contribution in [2.24, 2.45) is 5.92 Å². The molecule has 0 aromatic carbocycles. The Kier molecular flexibility index (Phi) is 6.93. The molecule has 2 aliphatic rings. The molecule has 2 fully saturated rings. The molecule has 0 radical (unpaired) electrons. The van der Waals surface area contributed by atoms with Crippen molar-refractivity contribution in [3.8, 4) is 0 Å². The molecule has 36 heavy (non-hydrogen) atoms. The Hall–Kier alpha value is -3.25. The van der Waals surface area contributed by atoms with Crippen LogP contribution >= 0.6 is 0 Å². The van der Waals surface area contributed by atoms with Crippen molar-refractivity contribution in [3.63, 3.8) is 0 Å². The monoisotopic (exact) mass is 516 g/mol. The lowest BCUT2D eigenvalue weighted by Crippen LogP contribution is -2.44. The van der Waals surface area contributed by atoms with Crippen molar-refractivity contribution in [3.05, 3.63) is 33.9 Å². The fourth-order valence-corrected chi connectivity index (χ4v) is 4.44. The van der Waals surface area contributed by atoms with Gasteiger partial charge in [0, 0.05) is 37.8 Å². The third-order valence-electron chi connectivity index (χ3n) is 6.40.